The van der Waals surface area contributed by atoms with E-state index in [1.165, 1.54) is 4.90 Å². The highest BCUT2D eigenvalue weighted by atomic mass is 32.1. The zero-order valence-electron chi connectivity index (χ0n) is 9.86. The summed E-state index contributed by atoms with van der Waals surface area (Å²) in [5.74, 6) is 0. The lowest BCUT2D eigenvalue weighted by Crippen LogP contribution is -3.06. The van der Waals surface area contributed by atoms with Gasteiger partial charge in [0.15, 0.2) is 4.77 Å². The summed E-state index contributed by atoms with van der Waals surface area (Å²) >= 11 is 5.18. The van der Waals surface area contributed by atoms with Crippen molar-refractivity contribution in [1.29, 1.82) is 0 Å². The quantitative estimate of drug-likeness (QED) is 0.730. The maximum absolute atomic E-state index is 12.2. The van der Waals surface area contributed by atoms with Crippen molar-refractivity contribution in [2.24, 2.45) is 0 Å². The Morgan fingerprint density at radius 3 is 3.00 bits per heavy atom. The number of hydrogen-bond acceptors (Lipinski definition) is 3. The van der Waals surface area contributed by atoms with Crippen LogP contribution >= 0.6 is 12.2 Å². The number of aromatic nitrogens is 3. The Hall–Kier alpha value is -1.53. The highest BCUT2D eigenvalue weighted by molar-refractivity contribution is 7.71. The molecule has 0 bridgehead atoms. The lowest BCUT2D eigenvalue weighted by molar-refractivity contribution is -0.858. The number of H-pyrrole nitrogens is 1. The molecule has 2 aromatic rings. The number of fused-ring (bicyclic) bond motifs is 1. The number of rotatable bonds is 3. The topological polar surface area (TPSA) is 55.1 Å². The molecule has 90 valence electrons. The fourth-order valence-corrected chi connectivity index (χ4v) is 1.89. The van der Waals surface area contributed by atoms with E-state index in [0.29, 0.717) is 22.3 Å². The van der Waals surface area contributed by atoms with Crippen molar-refractivity contribution >= 4 is 23.3 Å². The molecule has 2 heterocycles. The van der Waals surface area contributed by atoms with E-state index in [9.17, 15) is 4.79 Å². The predicted molar refractivity (Wildman–Crippen MR) is 68.9 cm³/mol. The molecule has 2 rings (SSSR count). The molecule has 2 aromatic heterocycles. The summed E-state index contributed by atoms with van der Waals surface area (Å²) in [5, 5.41) is 0.579. The van der Waals surface area contributed by atoms with Gasteiger partial charge in [-0.2, -0.15) is 0 Å². The summed E-state index contributed by atoms with van der Waals surface area (Å²) in [5.41, 5.74) is 0.481. The summed E-state index contributed by atoms with van der Waals surface area (Å²) in [6.07, 6.45) is 1.64. The first kappa shape index (κ1) is 11.9. The maximum atomic E-state index is 12.2. The van der Waals surface area contributed by atoms with Gasteiger partial charge in [-0.3, -0.25) is 9.36 Å². The fraction of sp³-hybridized carbons (Fsp3) is 0.364. The summed E-state index contributed by atoms with van der Waals surface area (Å²) in [4.78, 5) is 20.5. The fourth-order valence-electron chi connectivity index (χ4n) is 1.62. The van der Waals surface area contributed by atoms with Gasteiger partial charge in [0.05, 0.1) is 32.6 Å². The van der Waals surface area contributed by atoms with Gasteiger partial charge < -0.3 is 9.88 Å². The monoisotopic (exact) mass is 251 g/mol. The van der Waals surface area contributed by atoms with Crippen molar-refractivity contribution in [3.63, 3.8) is 0 Å². The molecule has 2 N–H and O–H groups in total. The van der Waals surface area contributed by atoms with E-state index in [1.807, 2.05) is 14.1 Å². The van der Waals surface area contributed by atoms with Gasteiger partial charge in [0.25, 0.3) is 5.56 Å². The van der Waals surface area contributed by atoms with Gasteiger partial charge in [-0.25, -0.2) is 4.98 Å². The van der Waals surface area contributed by atoms with Crippen LogP contribution in [0.3, 0.4) is 0 Å². The third-order valence-electron chi connectivity index (χ3n) is 2.59. The molecule has 0 unspecified atom stereocenters. The normalized spacial score (nSPS) is 11.2. The molecule has 0 atom stereocenters. The number of pyridine rings is 1. The lowest BCUT2D eigenvalue weighted by Gasteiger charge is -2.10. The molecule has 0 aliphatic heterocycles. The van der Waals surface area contributed by atoms with E-state index in [0.717, 1.165) is 6.54 Å². The van der Waals surface area contributed by atoms with Crippen molar-refractivity contribution in [3.05, 3.63) is 33.5 Å². The molecule has 0 saturated carbocycles. The van der Waals surface area contributed by atoms with E-state index in [1.54, 1.807) is 22.9 Å². The SMILES string of the molecule is C[NH+](C)CCn1c(=S)[nH]c2ncccc2c1=O. The van der Waals surface area contributed by atoms with Crippen molar-refractivity contribution in [2.75, 3.05) is 20.6 Å². The molecule has 0 aromatic carbocycles. The van der Waals surface area contributed by atoms with Crippen LogP contribution in [0.4, 0.5) is 0 Å². The van der Waals surface area contributed by atoms with Crippen LogP contribution in [0, 0.1) is 4.77 Å². The third-order valence-corrected chi connectivity index (χ3v) is 2.91. The van der Waals surface area contributed by atoms with Crippen LogP contribution in [0.2, 0.25) is 0 Å². The van der Waals surface area contributed by atoms with Gasteiger partial charge >= 0.3 is 0 Å². The Kier molecular flexibility index (Phi) is 3.35. The van der Waals surface area contributed by atoms with Gasteiger partial charge in [-0.1, -0.05) is 0 Å². The minimum atomic E-state index is -0.0712. The zero-order chi connectivity index (χ0) is 12.4. The number of quaternary nitrogens is 1. The molecule has 0 radical (unpaired) electrons. The summed E-state index contributed by atoms with van der Waals surface area (Å²) in [6.45, 7) is 1.46. The predicted octanol–water partition coefficient (Wildman–Crippen LogP) is -0.401. The maximum Gasteiger partial charge on any atom is 0.264 e. The Labute approximate surface area is 104 Å². The van der Waals surface area contributed by atoms with Gasteiger partial charge in [0.1, 0.15) is 5.65 Å². The lowest BCUT2D eigenvalue weighted by atomic mass is 10.3. The summed E-state index contributed by atoms with van der Waals surface area (Å²) < 4.78 is 2.02. The molecule has 17 heavy (non-hydrogen) atoms. The van der Waals surface area contributed by atoms with E-state index in [4.69, 9.17) is 12.2 Å². The molecular weight excluding hydrogens is 236 g/mol. The molecule has 0 aliphatic carbocycles. The minimum absolute atomic E-state index is 0.0712. The zero-order valence-corrected chi connectivity index (χ0v) is 10.7. The molecule has 0 aliphatic rings. The largest absolute Gasteiger partial charge is 0.338 e. The molecule has 6 heteroatoms. The average molecular weight is 251 g/mol. The number of likely N-dealkylation sites (N-methyl/N-ethyl adjacent to an activating group) is 1. The van der Waals surface area contributed by atoms with E-state index in [2.05, 4.69) is 9.97 Å². The van der Waals surface area contributed by atoms with Crippen molar-refractivity contribution < 1.29 is 4.90 Å². The van der Waals surface area contributed by atoms with Crippen molar-refractivity contribution in [3.8, 4) is 0 Å². The molecule has 0 saturated heterocycles. The van der Waals surface area contributed by atoms with Gasteiger partial charge in [0.2, 0.25) is 0 Å². The van der Waals surface area contributed by atoms with Gasteiger partial charge in [-0.05, 0) is 24.4 Å². The van der Waals surface area contributed by atoms with Crippen molar-refractivity contribution in [2.45, 2.75) is 6.54 Å². The smallest absolute Gasteiger partial charge is 0.264 e. The standard InChI is InChI=1S/C11H14N4OS/c1-14(2)6-7-15-10(16)8-4-3-5-12-9(8)13-11(15)17/h3-5H,6-7H2,1-2H3,(H,12,13,17)/p+1. The van der Waals surface area contributed by atoms with Crippen LogP contribution in [0.15, 0.2) is 23.1 Å². The van der Waals surface area contributed by atoms with E-state index < -0.39 is 0 Å². The Morgan fingerprint density at radius 2 is 2.29 bits per heavy atom. The van der Waals surface area contributed by atoms with Crippen LogP contribution in [-0.4, -0.2) is 35.2 Å². The second-order valence-corrected chi connectivity index (χ2v) is 4.63. The molecule has 0 spiro atoms. The highest BCUT2D eigenvalue weighted by Gasteiger charge is 2.06. The Morgan fingerprint density at radius 1 is 1.53 bits per heavy atom. The van der Waals surface area contributed by atoms with Crippen LogP contribution in [0.1, 0.15) is 0 Å². The highest BCUT2D eigenvalue weighted by Crippen LogP contribution is 2.01. The van der Waals surface area contributed by atoms with Gasteiger partial charge in [-0.15, -0.1) is 0 Å². The van der Waals surface area contributed by atoms with Crippen LogP contribution in [-0.2, 0) is 6.54 Å². The summed E-state index contributed by atoms with van der Waals surface area (Å²) in [7, 11) is 4.08. The first-order chi connectivity index (χ1) is 8.09. The second-order valence-electron chi connectivity index (χ2n) is 4.24. The number of aromatic amines is 1. The van der Waals surface area contributed by atoms with Gasteiger partial charge in [0, 0.05) is 6.20 Å². The molecule has 5 nitrogen and oxygen atoms in total. The van der Waals surface area contributed by atoms with E-state index in [-0.39, 0.29) is 5.56 Å². The van der Waals surface area contributed by atoms with Crippen LogP contribution < -0.4 is 10.5 Å². The molecule has 0 fully saturated rings. The Balaban J connectivity index is 2.56. The van der Waals surface area contributed by atoms with Crippen molar-refractivity contribution in [1.82, 2.24) is 14.5 Å². The van der Waals surface area contributed by atoms with E-state index >= 15 is 0 Å². The molecule has 0 amide bonds. The third kappa shape index (κ3) is 2.42. The molecular formula is C11H15N4OS+. The Bertz CT molecular complexity index is 644. The minimum Gasteiger partial charge on any atom is -0.338 e. The second kappa shape index (κ2) is 4.77. The average Bonchev–Trinajstić information content (AvgIpc) is 2.28. The number of nitrogens with zero attached hydrogens (tertiary/aromatic N) is 2. The summed E-state index contributed by atoms with van der Waals surface area (Å²) in [6, 6.07) is 3.51. The van der Waals surface area contributed by atoms with Crippen LogP contribution in [0.25, 0.3) is 11.0 Å². The number of hydrogen-bond donors (Lipinski definition) is 2. The first-order valence-electron chi connectivity index (χ1n) is 5.46. The first-order valence-corrected chi connectivity index (χ1v) is 5.87. The number of nitrogens with one attached hydrogen (secondary N) is 2. The van der Waals surface area contributed by atoms with Crippen LogP contribution in [0.5, 0.6) is 0 Å².